The van der Waals surface area contributed by atoms with Crippen molar-refractivity contribution in [1.29, 1.82) is 0 Å². The monoisotopic (exact) mass is 307 g/mol. The third-order valence-corrected chi connectivity index (χ3v) is 3.68. The van der Waals surface area contributed by atoms with Crippen molar-refractivity contribution in [3.05, 3.63) is 27.8 Å². The van der Waals surface area contributed by atoms with Crippen LogP contribution in [0.1, 0.15) is 31.2 Å². The molecule has 0 spiro atoms. The zero-order valence-corrected chi connectivity index (χ0v) is 12.8. The highest BCUT2D eigenvalue weighted by atomic mass is 32.2. The first-order valence-corrected chi connectivity index (χ1v) is 7.12. The van der Waals surface area contributed by atoms with Crippen molar-refractivity contribution in [2.45, 2.75) is 36.9 Å². The van der Waals surface area contributed by atoms with Crippen LogP contribution in [0, 0.1) is 6.92 Å². The van der Waals surface area contributed by atoms with E-state index in [0.29, 0.717) is 21.8 Å². The van der Waals surface area contributed by atoms with E-state index >= 15 is 0 Å². The smallest absolute Gasteiger partial charge is 0.253 e. The summed E-state index contributed by atoms with van der Waals surface area (Å²) in [5.41, 5.74) is 8.60. The molecule has 0 aliphatic rings. The second kappa shape index (κ2) is 6.10. The molecule has 0 saturated carbocycles. The van der Waals surface area contributed by atoms with Crippen LogP contribution < -0.4 is 22.6 Å². The molecule has 21 heavy (non-hydrogen) atoms. The van der Waals surface area contributed by atoms with E-state index in [4.69, 9.17) is 11.6 Å². The number of anilines is 2. The van der Waals surface area contributed by atoms with Crippen molar-refractivity contribution in [3.63, 3.8) is 0 Å². The number of nitrogen functional groups attached to an aromatic ring is 2. The Bertz CT molecular complexity index is 713. The first-order valence-electron chi connectivity index (χ1n) is 6.30. The van der Waals surface area contributed by atoms with E-state index < -0.39 is 0 Å². The van der Waals surface area contributed by atoms with E-state index in [1.165, 1.54) is 17.8 Å². The summed E-state index contributed by atoms with van der Waals surface area (Å²) in [5, 5.41) is 1.04. The van der Waals surface area contributed by atoms with Gasteiger partial charge in [0, 0.05) is 17.5 Å². The van der Waals surface area contributed by atoms with Gasteiger partial charge in [-0.1, -0.05) is 13.8 Å². The van der Waals surface area contributed by atoms with Gasteiger partial charge in [0.15, 0.2) is 5.16 Å². The molecule has 0 fully saturated rings. The lowest BCUT2D eigenvalue weighted by atomic mass is 10.2. The average molecular weight is 307 g/mol. The summed E-state index contributed by atoms with van der Waals surface area (Å²) in [7, 11) is 0. The molecule has 0 amide bonds. The van der Waals surface area contributed by atoms with Gasteiger partial charge in [0.05, 0.1) is 0 Å². The van der Waals surface area contributed by atoms with Gasteiger partial charge in [-0.05, 0) is 18.7 Å². The maximum Gasteiger partial charge on any atom is 0.253 e. The SMILES string of the molecule is Cc1c(NN)nc(C(C)C)nc1Sc1nc(N)cc(=O)[nH]1. The van der Waals surface area contributed by atoms with E-state index in [1.807, 2.05) is 20.8 Å². The summed E-state index contributed by atoms with van der Waals surface area (Å²) in [6.45, 7) is 5.81. The lowest BCUT2D eigenvalue weighted by Crippen LogP contribution is -2.14. The second-order valence-corrected chi connectivity index (χ2v) is 5.71. The number of aromatic amines is 1. The van der Waals surface area contributed by atoms with Gasteiger partial charge in [-0.2, -0.15) is 0 Å². The molecule has 2 heterocycles. The Labute approximate surface area is 125 Å². The van der Waals surface area contributed by atoms with Gasteiger partial charge < -0.3 is 16.1 Å². The molecular formula is C12H17N7OS. The normalized spacial score (nSPS) is 10.9. The summed E-state index contributed by atoms with van der Waals surface area (Å²) in [4.78, 5) is 27.0. The van der Waals surface area contributed by atoms with Crippen LogP contribution in [0.15, 0.2) is 21.0 Å². The van der Waals surface area contributed by atoms with Crippen LogP contribution in [-0.4, -0.2) is 19.9 Å². The van der Waals surface area contributed by atoms with Crippen LogP contribution in [0.4, 0.5) is 11.6 Å². The molecule has 2 rings (SSSR count). The van der Waals surface area contributed by atoms with Crippen molar-refractivity contribution in [3.8, 4) is 0 Å². The Balaban J connectivity index is 2.47. The van der Waals surface area contributed by atoms with Gasteiger partial charge in [0.1, 0.15) is 22.5 Å². The Morgan fingerprint density at radius 1 is 1.33 bits per heavy atom. The van der Waals surface area contributed by atoms with Crippen LogP contribution >= 0.6 is 11.8 Å². The van der Waals surface area contributed by atoms with Crippen molar-refractivity contribution in [2.75, 3.05) is 11.2 Å². The predicted molar refractivity (Wildman–Crippen MR) is 82.1 cm³/mol. The number of hydrogen-bond acceptors (Lipinski definition) is 8. The Kier molecular flexibility index (Phi) is 4.43. The zero-order valence-electron chi connectivity index (χ0n) is 12.0. The number of rotatable bonds is 4. The minimum atomic E-state index is -0.307. The number of hydrazine groups is 1. The predicted octanol–water partition coefficient (Wildman–Crippen LogP) is 1.01. The van der Waals surface area contributed by atoms with Gasteiger partial charge in [-0.3, -0.25) is 4.79 Å². The molecule has 0 atom stereocenters. The van der Waals surface area contributed by atoms with Crippen LogP contribution in [-0.2, 0) is 0 Å². The molecule has 0 saturated heterocycles. The Morgan fingerprint density at radius 2 is 2.05 bits per heavy atom. The van der Waals surface area contributed by atoms with Crippen molar-refractivity contribution < 1.29 is 0 Å². The first-order chi connectivity index (χ1) is 9.90. The Hall–Kier alpha value is -2.13. The average Bonchev–Trinajstić information content (AvgIpc) is 2.39. The van der Waals surface area contributed by atoms with Gasteiger partial charge in [-0.15, -0.1) is 0 Å². The molecule has 2 aromatic heterocycles. The van der Waals surface area contributed by atoms with E-state index in [2.05, 4.69) is 25.4 Å². The molecule has 0 radical (unpaired) electrons. The summed E-state index contributed by atoms with van der Waals surface area (Å²) in [6.07, 6.45) is 0. The molecule has 112 valence electrons. The summed E-state index contributed by atoms with van der Waals surface area (Å²) >= 11 is 1.21. The first kappa shape index (κ1) is 15.3. The Morgan fingerprint density at radius 3 is 2.62 bits per heavy atom. The van der Waals surface area contributed by atoms with Gasteiger partial charge in [0.2, 0.25) is 0 Å². The molecule has 0 aromatic carbocycles. The highest BCUT2D eigenvalue weighted by Gasteiger charge is 2.14. The maximum absolute atomic E-state index is 11.4. The number of nitrogens with zero attached hydrogens (tertiary/aromatic N) is 3. The van der Waals surface area contributed by atoms with Gasteiger partial charge >= 0.3 is 0 Å². The maximum atomic E-state index is 11.4. The van der Waals surface area contributed by atoms with E-state index in [-0.39, 0.29) is 17.3 Å². The van der Waals surface area contributed by atoms with Crippen molar-refractivity contribution in [2.24, 2.45) is 5.84 Å². The second-order valence-electron chi connectivity index (χ2n) is 4.74. The number of H-pyrrole nitrogens is 1. The molecule has 6 N–H and O–H groups in total. The number of aromatic nitrogens is 4. The molecule has 0 aliphatic heterocycles. The van der Waals surface area contributed by atoms with Crippen LogP contribution in [0.2, 0.25) is 0 Å². The fraction of sp³-hybridized carbons (Fsp3) is 0.333. The fourth-order valence-corrected chi connectivity index (χ4v) is 2.48. The molecule has 0 aliphatic carbocycles. The lowest BCUT2D eigenvalue weighted by Gasteiger charge is -2.12. The molecule has 8 nitrogen and oxygen atoms in total. The molecule has 9 heteroatoms. The summed E-state index contributed by atoms with van der Waals surface area (Å²) < 4.78 is 0. The number of hydrogen-bond donors (Lipinski definition) is 4. The zero-order chi connectivity index (χ0) is 15.6. The molecule has 2 aromatic rings. The standard InChI is InChI=1S/C12H17N7OS/c1-5(2)9-17-10(19-14)6(3)11(18-9)21-12-15-7(13)4-8(20)16-12/h4-5H,14H2,1-3H3,(H,17,18,19)(H3,13,15,16,20). The number of nitrogens with one attached hydrogen (secondary N) is 2. The summed E-state index contributed by atoms with van der Waals surface area (Å²) in [6, 6.07) is 1.23. The van der Waals surface area contributed by atoms with Crippen LogP contribution in [0.25, 0.3) is 0 Å². The minimum absolute atomic E-state index is 0.143. The van der Waals surface area contributed by atoms with E-state index in [9.17, 15) is 4.79 Å². The summed E-state index contributed by atoms with van der Waals surface area (Å²) in [5.74, 6) is 6.99. The van der Waals surface area contributed by atoms with Crippen molar-refractivity contribution >= 4 is 23.4 Å². The number of nitrogens with two attached hydrogens (primary N) is 2. The molecule has 0 bridgehead atoms. The largest absolute Gasteiger partial charge is 0.383 e. The topological polar surface area (TPSA) is 136 Å². The third kappa shape index (κ3) is 3.50. The van der Waals surface area contributed by atoms with E-state index in [1.54, 1.807) is 0 Å². The highest BCUT2D eigenvalue weighted by Crippen LogP contribution is 2.30. The van der Waals surface area contributed by atoms with Crippen molar-refractivity contribution in [1.82, 2.24) is 19.9 Å². The van der Waals surface area contributed by atoms with Gasteiger partial charge in [0.25, 0.3) is 5.56 Å². The molecular weight excluding hydrogens is 290 g/mol. The fourth-order valence-electron chi connectivity index (χ4n) is 1.60. The lowest BCUT2D eigenvalue weighted by molar-refractivity contribution is 0.748. The van der Waals surface area contributed by atoms with Crippen LogP contribution in [0.3, 0.4) is 0 Å². The van der Waals surface area contributed by atoms with Gasteiger partial charge in [-0.25, -0.2) is 20.8 Å². The molecule has 0 unspecified atom stereocenters. The van der Waals surface area contributed by atoms with E-state index in [0.717, 1.165) is 5.56 Å². The van der Waals surface area contributed by atoms with Crippen LogP contribution in [0.5, 0.6) is 0 Å². The highest BCUT2D eigenvalue weighted by molar-refractivity contribution is 7.99. The quantitative estimate of drug-likeness (QED) is 0.284. The third-order valence-electron chi connectivity index (χ3n) is 2.70. The minimum Gasteiger partial charge on any atom is -0.383 e.